The van der Waals surface area contributed by atoms with E-state index in [-0.39, 0.29) is 24.3 Å². The summed E-state index contributed by atoms with van der Waals surface area (Å²) in [5.74, 6) is -11.9. The molecule has 24 nitrogen and oxygen atoms in total. The molecule has 25 heteroatoms. The summed E-state index contributed by atoms with van der Waals surface area (Å²) in [6, 6.07) is -3.55. The third-order valence-electron chi connectivity index (χ3n) is 9.85. The molecular formula is C38H49N11O13S. The summed E-state index contributed by atoms with van der Waals surface area (Å²) in [5.41, 5.74) is 6.82. The minimum Gasteiger partial charge on any atom is -0.481 e. The van der Waals surface area contributed by atoms with Gasteiger partial charge in [0, 0.05) is 54.0 Å². The molecule has 1 saturated heterocycles. The molecule has 2 aromatic heterocycles. The lowest BCUT2D eigenvalue weighted by Crippen LogP contribution is -2.60. The molecule has 14 N–H and O–H groups in total. The topological polar surface area (TPSA) is 386 Å². The Kier molecular flexibility index (Phi) is 18.0. The number of aromatic nitrogens is 3. The average Bonchev–Trinajstić information content (AvgIpc) is 4.03. The zero-order valence-corrected chi connectivity index (χ0v) is 34.4. The Morgan fingerprint density at radius 2 is 1.29 bits per heavy atom. The smallest absolute Gasteiger partial charge is 0.327 e. The molecule has 0 aliphatic carbocycles. The summed E-state index contributed by atoms with van der Waals surface area (Å²) in [7, 11) is 0. The number of thiol groups is 1. The van der Waals surface area contributed by atoms with Crippen LogP contribution in [-0.2, 0) is 60.8 Å². The lowest BCUT2D eigenvalue weighted by atomic mass is 10.0. The largest absolute Gasteiger partial charge is 0.481 e. The van der Waals surface area contributed by atoms with Crippen molar-refractivity contribution in [2.45, 2.75) is 93.7 Å². The van der Waals surface area contributed by atoms with Crippen LogP contribution in [0.15, 0.2) is 43.0 Å². The standard InChI is InChI=1S/C38H49N11O13S/c39-29(50)8-7-23(44-36(59)26(12-30(51)52)47-32(55)22-6-3-9-41-22)33(56)48-27(13-31(53)54)37(60)46-25(11-19-15-40-17-43-19)35(58)45-24(34(57)49-28(16-63)38(61)62)10-18-14-42-21-5-2-1-4-20(18)21/h1-2,4-5,14-15,17,22-28,41-42,63H,3,6-13,16H2,(H2,39,50)(H,40,43)(H,44,59)(H,45,58)(H,46,60)(H,47,55)(H,48,56)(H,49,57)(H,51,52)(H,53,54)(H,61,62)/t22-,23-,24-,25-,26-,27-,28-/m0/s1. The van der Waals surface area contributed by atoms with Crippen LogP contribution in [0.1, 0.15) is 49.8 Å². The number of hydrogen-bond acceptors (Lipinski definition) is 13. The highest BCUT2D eigenvalue weighted by molar-refractivity contribution is 7.80. The van der Waals surface area contributed by atoms with E-state index >= 15 is 0 Å². The second kappa shape index (κ2) is 23.3. The van der Waals surface area contributed by atoms with Crippen LogP contribution in [0.4, 0.5) is 0 Å². The van der Waals surface area contributed by atoms with Crippen molar-refractivity contribution in [2.24, 2.45) is 5.73 Å². The zero-order chi connectivity index (χ0) is 46.2. The molecule has 1 aliphatic heterocycles. The van der Waals surface area contributed by atoms with Gasteiger partial charge in [0.1, 0.15) is 36.3 Å². The molecule has 3 heterocycles. The van der Waals surface area contributed by atoms with Crippen LogP contribution in [-0.4, -0.2) is 144 Å². The average molecular weight is 900 g/mol. The number of benzene rings is 1. The number of fused-ring (bicyclic) bond motifs is 1. The van der Waals surface area contributed by atoms with Crippen LogP contribution in [0.2, 0.25) is 0 Å². The summed E-state index contributed by atoms with van der Waals surface area (Å²) in [6.07, 6.45) is 1.75. The third-order valence-corrected chi connectivity index (χ3v) is 10.2. The van der Waals surface area contributed by atoms with E-state index in [4.69, 9.17) is 5.73 Å². The van der Waals surface area contributed by atoms with Gasteiger partial charge >= 0.3 is 17.9 Å². The van der Waals surface area contributed by atoms with E-state index in [1.807, 2.05) is 0 Å². The van der Waals surface area contributed by atoms with Gasteiger partial charge in [-0.3, -0.25) is 43.2 Å². The minimum atomic E-state index is -1.96. The number of carbonyl (C=O) groups is 10. The number of carboxylic acid groups (broad SMARTS) is 3. The van der Waals surface area contributed by atoms with Crippen LogP contribution in [0.3, 0.4) is 0 Å². The molecule has 63 heavy (non-hydrogen) atoms. The highest BCUT2D eigenvalue weighted by atomic mass is 32.1. The molecule has 0 radical (unpaired) electrons. The second-order valence-electron chi connectivity index (χ2n) is 14.6. The van der Waals surface area contributed by atoms with Crippen LogP contribution in [0.25, 0.3) is 10.9 Å². The van der Waals surface area contributed by atoms with Gasteiger partial charge in [-0.2, -0.15) is 12.6 Å². The molecule has 0 unspecified atom stereocenters. The highest BCUT2D eigenvalue weighted by Gasteiger charge is 2.36. The van der Waals surface area contributed by atoms with Gasteiger partial charge in [-0.1, -0.05) is 18.2 Å². The summed E-state index contributed by atoms with van der Waals surface area (Å²) in [6.45, 7) is 0.512. The van der Waals surface area contributed by atoms with Gasteiger partial charge in [0.2, 0.25) is 41.4 Å². The maximum atomic E-state index is 14.1. The molecule has 7 amide bonds. The molecule has 0 spiro atoms. The number of aromatic amines is 2. The predicted octanol–water partition coefficient (Wildman–Crippen LogP) is -3.43. The number of H-pyrrole nitrogens is 2. The molecule has 1 fully saturated rings. The summed E-state index contributed by atoms with van der Waals surface area (Å²) in [5, 5.41) is 46.4. The zero-order valence-electron chi connectivity index (χ0n) is 33.5. The first-order valence-corrected chi connectivity index (χ1v) is 20.2. The molecule has 4 rings (SSSR count). The SMILES string of the molecule is NC(=O)CC[C@H](NC(=O)[C@H](CC(=O)O)NC(=O)[C@@H]1CCCN1)C(=O)N[C@@H](CC(=O)O)C(=O)N[C@@H](Cc1cnc[nH]1)C(=O)N[C@@H](Cc1c[nH]c2ccccc12)C(=O)N[C@@H](CS)C(=O)O. The molecule has 0 bridgehead atoms. The van der Waals surface area contributed by atoms with Crippen molar-refractivity contribution in [3.63, 3.8) is 0 Å². The Bertz CT molecular complexity index is 2160. The number of nitrogens with one attached hydrogen (secondary N) is 9. The van der Waals surface area contributed by atoms with E-state index in [0.29, 0.717) is 35.9 Å². The van der Waals surface area contributed by atoms with E-state index < -0.39 is 127 Å². The Balaban J connectivity index is 1.58. The molecule has 1 aromatic carbocycles. The number of imidazole rings is 1. The maximum Gasteiger partial charge on any atom is 0.327 e. The number of amides is 7. The van der Waals surface area contributed by atoms with E-state index in [0.717, 1.165) is 0 Å². The number of hydrogen-bond donors (Lipinski definition) is 14. The number of primary amides is 1. The van der Waals surface area contributed by atoms with Crippen LogP contribution < -0.4 is 43.0 Å². The first kappa shape index (κ1) is 48.6. The van der Waals surface area contributed by atoms with Crippen molar-refractivity contribution in [3.05, 3.63) is 54.2 Å². The Labute approximate surface area is 363 Å². The lowest BCUT2D eigenvalue weighted by Gasteiger charge is -2.27. The number of nitrogens with two attached hydrogens (primary N) is 1. The maximum absolute atomic E-state index is 14.1. The summed E-state index contributed by atoms with van der Waals surface area (Å²) >= 11 is 3.99. The Morgan fingerprint density at radius 1 is 0.730 bits per heavy atom. The van der Waals surface area contributed by atoms with Crippen molar-refractivity contribution < 1.29 is 63.3 Å². The lowest BCUT2D eigenvalue weighted by molar-refractivity contribution is -0.142. The first-order chi connectivity index (χ1) is 29.9. The van der Waals surface area contributed by atoms with Gasteiger partial charge in [0.05, 0.1) is 25.2 Å². The number of para-hydroxylation sites is 1. The monoisotopic (exact) mass is 899 g/mol. The van der Waals surface area contributed by atoms with Crippen molar-refractivity contribution in [3.8, 4) is 0 Å². The highest BCUT2D eigenvalue weighted by Crippen LogP contribution is 2.20. The molecule has 0 saturated carbocycles. The normalized spacial score (nSPS) is 16.2. The van der Waals surface area contributed by atoms with Gasteiger partial charge in [-0.25, -0.2) is 9.78 Å². The van der Waals surface area contributed by atoms with Crippen molar-refractivity contribution >= 4 is 82.8 Å². The van der Waals surface area contributed by atoms with Crippen molar-refractivity contribution in [1.29, 1.82) is 0 Å². The fraction of sp³-hybridized carbons (Fsp3) is 0.447. The van der Waals surface area contributed by atoms with Crippen LogP contribution in [0, 0.1) is 0 Å². The number of nitrogens with zero attached hydrogens (tertiary/aromatic N) is 1. The first-order valence-electron chi connectivity index (χ1n) is 19.6. The van der Waals surface area contributed by atoms with Gasteiger partial charge < -0.3 is 68.2 Å². The van der Waals surface area contributed by atoms with Crippen LogP contribution >= 0.6 is 12.6 Å². The minimum absolute atomic E-state index is 0.171. The molecule has 1 aliphatic rings. The van der Waals surface area contributed by atoms with E-state index in [1.54, 1.807) is 30.5 Å². The quantitative estimate of drug-likeness (QED) is 0.0368. The molecule has 7 atom stereocenters. The Hall–Kier alpha value is -7.02. The number of carboxylic acids is 3. The fourth-order valence-electron chi connectivity index (χ4n) is 6.61. The van der Waals surface area contributed by atoms with E-state index in [9.17, 15) is 63.3 Å². The predicted molar refractivity (Wildman–Crippen MR) is 221 cm³/mol. The van der Waals surface area contributed by atoms with Crippen LogP contribution in [0.5, 0.6) is 0 Å². The van der Waals surface area contributed by atoms with Crippen molar-refractivity contribution in [1.82, 2.24) is 52.2 Å². The number of rotatable bonds is 25. The summed E-state index contributed by atoms with van der Waals surface area (Å²) in [4.78, 5) is 138. The molecular weight excluding hydrogens is 851 g/mol. The van der Waals surface area contributed by atoms with Gasteiger partial charge in [-0.15, -0.1) is 0 Å². The van der Waals surface area contributed by atoms with Crippen molar-refractivity contribution in [2.75, 3.05) is 12.3 Å². The molecule has 340 valence electrons. The second-order valence-corrected chi connectivity index (χ2v) is 14.9. The van der Waals surface area contributed by atoms with E-state index in [2.05, 4.69) is 64.8 Å². The van der Waals surface area contributed by atoms with Gasteiger partial charge in [0.25, 0.3) is 0 Å². The summed E-state index contributed by atoms with van der Waals surface area (Å²) < 4.78 is 0. The van der Waals surface area contributed by atoms with Gasteiger partial charge in [0.15, 0.2) is 0 Å². The number of aliphatic carboxylic acids is 3. The number of carbonyl (C=O) groups excluding carboxylic acids is 7. The van der Waals surface area contributed by atoms with Gasteiger partial charge in [-0.05, 0) is 37.4 Å². The fourth-order valence-corrected chi connectivity index (χ4v) is 6.85. The Morgan fingerprint density at radius 3 is 1.84 bits per heavy atom. The molecule has 3 aromatic rings. The van der Waals surface area contributed by atoms with E-state index in [1.165, 1.54) is 12.5 Å². The third kappa shape index (κ3) is 14.8.